The SMILES string of the molecule is CC(C)c1ccc(Cc2[nH]nc3ccccc23)cc1. The van der Waals surface area contributed by atoms with Gasteiger partial charge in [0.15, 0.2) is 0 Å². The number of nitrogens with zero attached hydrogens (tertiary/aromatic N) is 1. The predicted octanol–water partition coefficient (Wildman–Crippen LogP) is 4.28. The largest absolute Gasteiger partial charge is 0.281 e. The van der Waals surface area contributed by atoms with Crippen LogP contribution in [-0.2, 0) is 6.42 Å². The van der Waals surface area contributed by atoms with Gasteiger partial charge in [0, 0.05) is 17.5 Å². The molecule has 96 valence electrons. The lowest BCUT2D eigenvalue weighted by atomic mass is 10.00. The summed E-state index contributed by atoms with van der Waals surface area (Å²) in [5, 5.41) is 8.70. The van der Waals surface area contributed by atoms with Crippen LogP contribution in [0, 0.1) is 0 Å². The van der Waals surface area contributed by atoms with E-state index in [-0.39, 0.29) is 0 Å². The normalized spacial score (nSPS) is 11.3. The molecule has 2 heteroatoms. The van der Waals surface area contributed by atoms with Crippen LogP contribution in [0.5, 0.6) is 0 Å². The van der Waals surface area contributed by atoms with Gasteiger partial charge in [-0.05, 0) is 23.1 Å². The maximum atomic E-state index is 4.34. The van der Waals surface area contributed by atoms with Gasteiger partial charge in [-0.3, -0.25) is 5.10 Å². The third-order valence-corrected chi connectivity index (χ3v) is 3.57. The molecule has 0 aliphatic rings. The quantitative estimate of drug-likeness (QED) is 0.738. The number of rotatable bonds is 3. The molecule has 0 fully saturated rings. The number of aromatic amines is 1. The van der Waals surface area contributed by atoms with Crippen LogP contribution in [0.4, 0.5) is 0 Å². The van der Waals surface area contributed by atoms with E-state index in [4.69, 9.17) is 0 Å². The molecule has 19 heavy (non-hydrogen) atoms. The maximum absolute atomic E-state index is 4.34. The van der Waals surface area contributed by atoms with Crippen molar-refractivity contribution >= 4 is 10.9 Å². The van der Waals surface area contributed by atoms with Crippen molar-refractivity contribution in [2.75, 3.05) is 0 Å². The molecule has 1 aromatic heterocycles. The highest BCUT2D eigenvalue weighted by Crippen LogP contribution is 2.20. The van der Waals surface area contributed by atoms with E-state index in [0.717, 1.165) is 11.9 Å². The van der Waals surface area contributed by atoms with Gasteiger partial charge >= 0.3 is 0 Å². The molecule has 0 spiro atoms. The fourth-order valence-electron chi connectivity index (χ4n) is 2.37. The molecular weight excluding hydrogens is 232 g/mol. The van der Waals surface area contributed by atoms with E-state index in [9.17, 15) is 0 Å². The smallest absolute Gasteiger partial charge is 0.0923 e. The standard InChI is InChI=1S/C17H18N2/c1-12(2)14-9-7-13(8-10-14)11-17-15-5-3-4-6-16(15)18-19-17/h3-10,12H,11H2,1-2H3,(H,18,19). The second kappa shape index (κ2) is 4.88. The highest BCUT2D eigenvalue weighted by atomic mass is 15.1. The van der Waals surface area contributed by atoms with Crippen molar-refractivity contribution < 1.29 is 0 Å². The molecular formula is C17H18N2. The summed E-state index contributed by atoms with van der Waals surface area (Å²) in [7, 11) is 0. The van der Waals surface area contributed by atoms with Crippen molar-refractivity contribution in [3.63, 3.8) is 0 Å². The van der Waals surface area contributed by atoms with Crippen LogP contribution in [0.3, 0.4) is 0 Å². The van der Waals surface area contributed by atoms with Crippen LogP contribution in [0.1, 0.15) is 36.6 Å². The summed E-state index contributed by atoms with van der Waals surface area (Å²) in [4.78, 5) is 0. The van der Waals surface area contributed by atoms with Crippen molar-refractivity contribution in [2.24, 2.45) is 0 Å². The van der Waals surface area contributed by atoms with Crippen molar-refractivity contribution in [1.29, 1.82) is 0 Å². The van der Waals surface area contributed by atoms with Gasteiger partial charge in [-0.1, -0.05) is 56.3 Å². The van der Waals surface area contributed by atoms with Crippen LogP contribution >= 0.6 is 0 Å². The number of aromatic nitrogens is 2. The van der Waals surface area contributed by atoms with Crippen molar-refractivity contribution in [2.45, 2.75) is 26.2 Å². The van der Waals surface area contributed by atoms with Crippen LogP contribution in [-0.4, -0.2) is 10.2 Å². The van der Waals surface area contributed by atoms with Crippen molar-refractivity contribution in [3.05, 3.63) is 65.4 Å². The van der Waals surface area contributed by atoms with Crippen molar-refractivity contribution in [3.8, 4) is 0 Å². The van der Waals surface area contributed by atoms with Crippen LogP contribution < -0.4 is 0 Å². The van der Waals surface area contributed by atoms with E-state index >= 15 is 0 Å². The molecule has 0 aliphatic heterocycles. The van der Waals surface area contributed by atoms with E-state index in [1.807, 2.05) is 12.1 Å². The molecule has 0 atom stereocenters. The monoisotopic (exact) mass is 250 g/mol. The molecule has 2 aromatic carbocycles. The van der Waals surface area contributed by atoms with Gasteiger partial charge < -0.3 is 0 Å². The number of benzene rings is 2. The Morgan fingerprint density at radius 1 is 1.00 bits per heavy atom. The molecule has 0 saturated heterocycles. The molecule has 3 rings (SSSR count). The summed E-state index contributed by atoms with van der Waals surface area (Å²) >= 11 is 0. The topological polar surface area (TPSA) is 28.7 Å². The predicted molar refractivity (Wildman–Crippen MR) is 79.4 cm³/mol. The first-order chi connectivity index (χ1) is 9.24. The Bertz CT molecular complexity index is 678. The zero-order valence-corrected chi connectivity index (χ0v) is 11.4. The van der Waals surface area contributed by atoms with E-state index < -0.39 is 0 Å². The molecule has 0 aliphatic carbocycles. The Hall–Kier alpha value is -2.09. The minimum Gasteiger partial charge on any atom is -0.281 e. The summed E-state index contributed by atoms with van der Waals surface area (Å²) in [6.07, 6.45) is 0.902. The Balaban J connectivity index is 1.88. The van der Waals surface area contributed by atoms with Gasteiger partial charge in [0.2, 0.25) is 0 Å². The van der Waals surface area contributed by atoms with Crippen LogP contribution in [0.15, 0.2) is 48.5 Å². The second-order valence-corrected chi connectivity index (χ2v) is 5.29. The highest BCUT2D eigenvalue weighted by Gasteiger charge is 2.05. The molecule has 0 amide bonds. The minimum absolute atomic E-state index is 0.585. The number of nitrogens with one attached hydrogen (secondary N) is 1. The summed E-state index contributed by atoms with van der Waals surface area (Å²) < 4.78 is 0. The average molecular weight is 250 g/mol. The summed E-state index contributed by atoms with van der Waals surface area (Å²) in [6.45, 7) is 4.44. The summed E-state index contributed by atoms with van der Waals surface area (Å²) in [5.74, 6) is 0.585. The second-order valence-electron chi connectivity index (χ2n) is 5.29. The lowest BCUT2D eigenvalue weighted by Gasteiger charge is -2.06. The van der Waals surface area contributed by atoms with Crippen LogP contribution in [0.2, 0.25) is 0 Å². The molecule has 2 nitrogen and oxygen atoms in total. The number of H-pyrrole nitrogens is 1. The lowest BCUT2D eigenvalue weighted by Crippen LogP contribution is -1.92. The molecule has 3 aromatic rings. The van der Waals surface area contributed by atoms with Crippen molar-refractivity contribution in [1.82, 2.24) is 10.2 Å². The van der Waals surface area contributed by atoms with Gasteiger partial charge in [0.1, 0.15) is 0 Å². The molecule has 0 unspecified atom stereocenters. The molecule has 0 bridgehead atoms. The summed E-state index contributed by atoms with van der Waals surface area (Å²) in [5.41, 5.74) is 4.93. The van der Waals surface area contributed by atoms with Gasteiger partial charge in [-0.15, -0.1) is 0 Å². The van der Waals surface area contributed by atoms with Gasteiger partial charge in [0.25, 0.3) is 0 Å². The fraction of sp³-hybridized carbons (Fsp3) is 0.235. The Labute approximate surface area is 113 Å². The zero-order valence-electron chi connectivity index (χ0n) is 11.4. The lowest BCUT2D eigenvalue weighted by molar-refractivity contribution is 0.865. The van der Waals surface area contributed by atoms with Gasteiger partial charge in [0.05, 0.1) is 5.52 Å². The Morgan fingerprint density at radius 3 is 2.47 bits per heavy atom. The molecule has 1 N–H and O–H groups in total. The average Bonchev–Trinajstić information content (AvgIpc) is 2.83. The van der Waals surface area contributed by atoms with E-state index in [1.54, 1.807) is 0 Å². The number of fused-ring (bicyclic) bond motifs is 1. The molecule has 1 heterocycles. The Morgan fingerprint density at radius 2 is 1.74 bits per heavy atom. The first-order valence-corrected chi connectivity index (χ1v) is 6.75. The van der Waals surface area contributed by atoms with Crippen LogP contribution in [0.25, 0.3) is 10.9 Å². The molecule has 0 saturated carbocycles. The minimum atomic E-state index is 0.585. The number of hydrogen-bond donors (Lipinski definition) is 1. The first-order valence-electron chi connectivity index (χ1n) is 6.75. The maximum Gasteiger partial charge on any atom is 0.0923 e. The van der Waals surface area contributed by atoms with Gasteiger partial charge in [-0.2, -0.15) is 5.10 Å². The van der Waals surface area contributed by atoms with E-state index in [0.29, 0.717) is 5.92 Å². The van der Waals surface area contributed by atoms with E-state index in [1.165, 1.54) is 22.2 Å². The molecule has 0 radical (unpaired) electrons. The highest BCUT2D eigenvalue weighted by molar-refractivity contribution is 5.81. The zero-order chi connectivity index (χ0) is 13.2. The number of hydrogen-bond acceptors (Lipinski definition) is 1. The van der Waals surface area contributed by atoms with Gasteiger partial charge in [-0.25, -0.2) is 0 Å². The third-order valence-electron chi connectivity index (χ3n) is 3.57. The third kappa shape index (κ3) is 2.39. The number of para-hydroxylation sites is 1. The van der Waals surface area contributed by atoms with E-state index in [2.05, 4.69) is 60.4 Å². The Kier molecular flexibility index (Phi) is 3.08. The summed E-state index contributed by atoms with van der Waals surface area (Å²) in [6, 6.07) is 17.1. The first kappa shape index (κ1) is 12.0. The fourth-order valence-corrected chi connectivity index (χ4v) is 2.37.